The largest absolute Gasteiger partial charge is 0.325 e. The van der Waals surface area contributed by atoms with Crippen LogP contribution in [0.5, 0.6) is 0 Å². The third kappa shape index (κ3) is 3.83. The van der Waals surface area contributed by atoms with E-state index in [2.05, 4.69) is 43.4 Å². The summed E-state index contributed by atoms with van der Waals surface area (Å²) < 4.78 is 0. The van der Waals surface area contributed by atoms with Crippen LogP contribution in [0.1, 0.15) is 43.7 Å². The zero-order valence-corrected chi connectivity index (χ0v) is 11.0. The van der Waals surface area contributed by atoms with Crippen LogP contribution in [-0.4, -0.2) is 18.6 Å². The molecule has 1 aliphatic heterocycles. The van der Waals surface area contributed by atoms with Gasteiger partial charge in [0.15, 0.2) is 0 Å². The van der Waals surface area contributed by atoms with E-state index in [9.17, 15) is 0 Å². The molecule has 1 fully saturated rings. The van der Waals surface area contributed by atoms with Crippen molar-refractivity contribution < 1.29 is 0 Å². The van der Waals surface area contributed by atoms with Gasteiger partial charge >= 0.3 is 0 Å². The van der Waals surface area contributed by atoms with Crippen molar-refractivity contribution in [3.8, 4) is 0 Å². The third-order valence-electron chi connectivity index (χ3n) is 3.41. The van der Waals surface area contributed by atoms with Crippen LogP contribution in [0.2, 0.25) is 0 Å². The predicted octanol–water partition coefficient (Wildman–Crippen LogP) is 2.43. The van der Waals surface area contributed by atoms with Crippen molar-refractivity contribution in [3.63, 3.8) is 0 Å². The molecule has 1 atom stereocenters. The van der Waals surface area contributed by atoms with E-state index in [1.807, 2.05) is 0 Å². The lowest BCUT2D eigenvalue weighted by molar-refractivity contribution is 0.461. The molecule has 2 heteroatoms. The fourth-order valence-electron chi connectivity index (χ4n) is 2.57. The zero-order valence-electron chi connectivity index (χ0n) is 11.0. The fourth-order valence-corrected chi connectivity index (χ4v) is 2.57. The highest BCUT2D eigenvalue weighted by Crippen LogP contribution is 2.23. The highest BCUT2D eigenvalue weighted by molar-refractivity contribution is 5.27. The Hall–Kier alpha value is -0.860. The summed E-state index contributed by atoms with van der Waals surface area (Å²) in [6, 6.07) is 9.02. The van der Waals surface area contributed by atoms with Crippen LogP contribution in [0, 0.1) is 0 Å². The van der Waals surface area contributed by atoms with Crippen LogP contribution in [0.25, 0.3) is 0 Å². The number of hydrogen-bond donors (Lipinski definition) is 2. The van der Waals surface area contributed by atoms with E-state index in [1.54, 1.807) is 0 Å². The summed E-state index contributed by atoms with van der Waals surface area (Å²) >= 11 is 0. The Morgan fingerprint density at radius 3 is 2.53 bits per heavy atom. The summed E-state index contributed by atoms with van der Waals surface area (Å²) in [5.74, 6) is 0.698. The van der Waals surface area contributed by atoms with Gasteiger partial charge in [0.05, 0.1) is 0 Å². The minimum absolute atomic E-state index is 0.117. The van der Waals surface area contributed by atoms with E-state index in [0.717, 1.165) is 13.0 Å². The first kappa shape index (κ1) is 12.6. The quantitative estimate of drug-likeness (QED) is 0.840. The molecule has 1 unspecified atom stereocenters. The van der Waals surface area contributed by atoms with E-state index < -0.39 is 0 Å². The molecule has 3 N–H and O–H groups in total. The molecule has 94 valence electrons. The second-order valence-electron chi connectivity index (χ2n) is 5.95. The fraction of sp³-hybridized carbons (Fsp3) is 0.600. The first-order valence-electron chi connectivity index (χ1n) is 6.63. The molecule has 1 aromatic carbocycles. The van der Waals surface area contributed by atoms with Crippen molar-refractivity contribution in [1.29, 1.82) is 0 Å². The lowest BCUT2D eigenvalue weighted by Crippen LogP contribution is -2.34. The molecular weight excluding hydrogens is 208 g/mol. The highest BCUT2D eigenvalue weighted by atomic mass is 14.9. The number of hydrogen-bond acceptors (Lipinski definition) is 2. The monoisotopic (exact) mass is 232 g/mol. The number of rotatable bonds is 3. The first-order valence-corrected chi connectivity index (χ1v) is 6.63. The summed E-state index contributed by atoms with van der Waals surface area (Å²) in [5, 5.41) is 3.47. The van der Waals surface area contributed by atoms with Crippen molar-refractivity contribution in [1.82, 2.24) is 5.32 Å². The van der Waals surface area contributed by atoms with Crippen LogP contribution in [0.3, 0.4) is 0 Å². The van der Waals surface area contributed by atoms with Crippen molar-refractivity contribution in [2.45, 2.75) is 44.6 Å². The predicted molar refractivity (Wildman–Crippen MR) is 73.3 cm³/mol. The van der Waals surface area contributed by atoms with Gasteiger partial charge < -0.3 is 11.1 Å². The van der Waals surface area contributed by atoms with Gasteiger partial charge in [0.25, 0.3) is 0 Å². The smallest absolute Gasteiger partial charge is 0.0138 e. The molecule has 1 heterocycles. The average Bonchev–Trinajstić information content (AvgIpc) is 2.29. The van der Waals surface area contributed by atoms with Gasteiger partial charge in [0.2, 0.25) is 0 Å². The maximum Gasteiger partial charge on any atom is 0.0138 e. The van der Waals surface area contributed by atoms with Crippen molar-refractivity contribution in [2.75, 3.05) is 13.1 Å². The molecule has 1 aliphatic rings. The number of nitrogens with one attached hydrogen (secondary N) is 1. The summed E-state index contributed by atoms with van der Waals surface area (Å²) in [6.45, 7) is 6.45. The van der Waals surface area contributed by atoms with Crippen LogP contribution < -0.4 is 11.1 Å². The minimum atomic E-state index is -0.117. The molecule has 0 spiro atoms. The van der Waals surface area contributed by atoms with Crippen LogP contribution in [-0.2, 0) is 6.42 Å². The van der Waals surface area contributed by atoms with Gasteiger partial charge in [-0.1, -0.05) is 24.3 Å². The van der Waals surface area contributed by atoms with E-state index in [1.165, 1.54) is 30.5 Å². The SMILES string of the molecule is CC(C)(N)Cc1ccc(C2CCCNC2)cc1. The Morgan fingerprint density at radius 1 is 1.29 bits per heavy atom. The van der Waals surface area contributed by atoms with Crippen LogP contribution >= 0.6 is 0 Å². The van der Waals surface area contributed by atoms with Crippen molar-refractivity contribution in [3.05, 3.63) is 35.4 Å². The van der Waals surface area contributed by atoms with E-state index in [0.29, 0.717) is 5.92 Å². The third-order valence-corrected chi connectivity index (χ3v) is 3.41. The summed E-state index contributed by atoms with van der Waals surface area (Å²) in [4.78, 5) is 0. The maximum absolute atomic E-state index is 6.04. The minimum Gasteiger partial charge on any atom is -0.325 e. The molecule has 0 amide bonds. The Bertz CT molecular complexity index is 342. The Kier molecular flexibility index (Phi) is 3.85. The normalized spacial score (nSPS) is 21.5. The Morgan fingerprint density at radius 2 is 2.00 bits per heavy atom. The van der Waals surface area contributed by atoms with Gasteiger partial charge in [0, 0.05) is 12.1 Å². The Balaban J connectivity index is 2.02. The van der Waals surface area contributed by atoms with Crippen molar-refractivity contribution >= 4 is 0 Å². The molecule has 0 aliphatic carbocycles. The molecule has 2 rings (SSSR count). The van der Waals surface area contributed by atoms with Gasteiger partial charge in [-0.05, 0) is 56.7 Å². The van der Waals surface area contributed by atoms with Gasteiger partial charge in [-0.2, -0.15) is 0 Å². The summed E-state index contributed by atoms with van der Waals surface area (Å²) in [5.41, 5.74) is 8.73. The van der Waals surface area contributed by atoms with Crippen LogP contribution in [0.15, 0.2) is 24.3 Å². The molecule has 0 aromatic heterocycles. The van der Waals surface area contributed by atoms with Gasteiger partial charge in [-0.3, -0.25) is 0 Å². The number of piperidine rings is 1. The standard InChI is InChI=1S/C15H24N2/c1-15(2,16)10-12-5-7-13(8-6-12)14-4-3-9-17-11-14/h5-8,14,17H,3-4,9-11,16H2,1-2H3. The first-order chi connectivity index (χ1) is 8.04. The van der Waals surface area contributed by atoms with Gasteiger partial charge in [-0.15, -0.1) is 0 Å². The highest BCUT2D eigenvalue weighted by Gasteiger charge is 2.16. The molecule has 0 saturated carbocycles. The summed E-state index contributed by atoms with van der Waals surface area (Å²) in [7, 11) is 0. The van der Waals surface area contributed by atoms with Gasteiger partial charge in [0.1, 0.15) is 0 Å². The zero-order chi connectivity index (χ0) is 12.3. The Labute approximate surface area is 105 Å². The second-order valence-corrected chi connectivity index (χ2v) is 5.95. The summed E-state index contributed by atoms with van der Waals surface area (Å²) in [6.07, 6.45) is 3.55. The molecule has 17 heavy (non-hydrogen) atoms. The molecule has 2 nitrogen and oxygen atoms in total. The van der Waals surface area contributed by atoms with Crippen molar-refractivity contribution in [2.24, 2.45) is 5.73 Å². The molecule has 1 saturated heterocycles. The average molecular weight is 232 g/mol. The van der Waals surface area contributed by atoms with E-state index in [4.69, 9.17) is 5.73 Å². The van der Waals surface area contributed by atoms with E-state index >= 15 is 0 Å². The maximum atomic E-state index is 6.04. The van der Waals surface area contributed by atoms with Gasteiger partial charge in [-0.25, -0.2) is 0 Å². The lowest BCUT2D eigenvalue weighted by Gasteiger charge is -2.24. The van der Waals surface area contributed by atoms with E-state index in [-0.39, 0.29) is 5.54 Å². The topological polar surface area (TPSA) is 38.0 Å². The molecular formula is C15H24N2. The molecule has 1 aromatic rings. The molecule has 0 bridgehead atoms. The number of nitrogens with two attached hydrogens (primary N) is 1. The molecule has 0 radical (unpaired) electrons. The number of benzene rings is 1. The van der Waals surface area contributed by atoms with Crippen LogP contribution in [0.4, 0.5) is 0 Å². The lowest BCUT2D eigenvalue weighted by atomic mass is 9.89. The second kappa shape index (κ2) is 5.19.